The first-order valence-corrected chi connectivity index (χ1v) is 6.02. The van der Waals surface area contributed by atoms with Crippen LogP contribution < -0.4 is 11.1 Å². The van der Waals surface area contributed by atoms with E-state index in [0.29, 0.717) is 39.4 Å². The first kappa shape index (κ1) is 15.3. The van der Waals surface area contributed by atoms with Gasteiger partial charge in [0.2, 0.25) is 5.91 Å². The van der Waals surface area contributed by atoms with Gasteiger partial charge < -0.3 is 20.5 Å². The highest BCUT2D eigenvalue weighted by atomic mass is 16.5. The number of nitrogens with one attached hydrogen (secondary N) is 1. The lowest BCUT2D eigenvalue weighted by Gasteiger charge is -2.06. The van der Waals surface area contributed by atoms with Crippen molar-refractivity contribution in [2.24, 2.45) is 0 Å². The summed E-state index contributed by atoms with van der Waals surface area (Å²) in [6.45, 7) is 5.83. The molecule has 4 N–H and O–H groups in total. The number of hydrogen-bond donors (Lipinski definition) is 2. The Balaban J connectivity index is 3.05. The standard InChI is InChI=1S/C11H24N2O3/c1-2-3-4-11(14)13-6-8-16-10-9-15-7-5-12/h2-10,12H2,1H3,(H,13,14)/p+1. The van der Waals surface area contributed by atoms with Crippen molar-refractivity contribution < 1.29 is 20.0 Å². The Morgan fingerprint density at radius 1 is 1.19 bits per heavy atom. The predicted octanol–water partition coefficient (Wildman–Crippen LogP) is -0.432. The molecule has 0 aliphatic rings. The molecule has 0 unspecified atom stereocenters. The average molecular weight is 233 g/mol. The molecule has 0 radical (unpaired) electrons. The monoisotopic (exact) mass is 233 g/mol. The highest BCUT2D eigenvalue weighted by Crippen LogP contribution is 1.92. The van der Waals surface area contributed by atoms with Gasteiger partial charge in [-0.2, -0.15) is 0 Å². The van der Waals surface area contributed by atoms with Gasteiger partial charge in [-0.15, -0.1) is 0 Å². The summed E-state index contributed by atoms with van der Waals surface area (Å²) < 4.78 is 10.5. The van der Waals surface area contributed by atoms with Crippen LogP contribution in [0.15, 0.2) is 0 Å². The predicted molar refractivity (Wildman–Crippen MR) is 61.9 cm³/mol. The summed E-state index contributed by atoms with van der Waals surface area (Å²) in [5.74, 6) is 0.110. The van der Waals surface area contributed by atoms with Crippen LogP contribution in [0.25, 0.3) is 0 Å². The summed E-state index contributed by atoms with van der Waals surface area (Å²) in [6.07, 6.45) is 2.61. The molecule has 0 aromatic heterocycles. The van der Waals surface area contributed by atoms with Crippen LogP contribution in [0, 0.1) is 0 Å². The second-order valence-electron chi connectivity index (χ2n) is 3.53. The maximum atomic E-state index is 11.2. The Morgan fingerprint density at radius 3 is 2.50 bits per heavy atom. The van der Waals surface area contributed by atoms with E-state index < -0.39 is 0 Å². The third-order valence-electron chi connectivity index (χ3n) is 1.99. The lowest BCUT2D eigenvalue weighted by Crippen LogP contribution is -2.52. The summed E-state index contributed by atoms with van der Waals surface area (Å²) in [6, 6.07) is 0. The van der Waals surface area contributed by atoms with Gasteiger partial charge in [-0.3, -0.25) is 4.79 Å². The third kappa shape index (κ3) is 11.4. The zero-order valence-corrected chi connectivity index (χ0v) is 10.3. The topological polar surface area (TPSA) is 75.2 Å². The number of carbonyl (C=O) groups excluding carboxylic acids is 1. The highest BCUT2D eigenvalue weighted by Gasteiger charge is 1.98. The molecule has 0 aliphatic carbocycles. The van der Waals surface area contributed by atoms with E-state index in [9.17, 15) is 4.79 Å². The Bertz CT molecular complexity index is 165. The molecule has 0 spiro atoms. The lowest BCUT2D eigenvalue weighted by molar-refractivity contribution is -0.374. The molecule has 0 aromatic carbocycles. The molecular weight excluding hydrogens is 208 g/mol. The molecule has 5 heteroatoms. The summed E-state index contributed by atoms with van der Waals surface area (Å²) in [5, 5.41) is 2.80. The van der Waals surface area contributed by atoms with Crippen molar-refractivity contribution in [1.82, 2.24) is 5.32 Å². The van der Waals surface area contributed by atoms with Crippen molar-refractivity contribution in [3.8, 4) is 0 Å². The largest absolute Gasteiger partial charge is 0.377 e. The van der Waals surface area contributed by atoms with Gasteiger partial charge in [-0.05, 0) is 6.42 Å². The average Bonchev–Trinajstić information content (AvgIpc) is 2.30. The fourth-order valence-electron chi connectivity index (χ4n) is 1.11. The van der Waals surface area contributed by atoms with Gasteiger partial charge in [0.1, 0.15) is 0 Å². The number of carbonyl (C=O) groups is 1. The van der Waals surface area contributed by atoms with Gasteiger partial charge in [-0.1, -0.05) is 13.3 Å². The number of amides is 1. The molecule has 0 rings (SSSR count). The van der Waals surface area contributed by atoms with Crippen molar-refractivity contribution in [3.05, 3.63) is 0 Å². The fraction of sp³-hybridized carbons (Fsp3) is 0.909. The summed E-state index contributed by atoms with van der Waals surface area (Å²) >= 11 is 0. The molecule has 0 atom stereocenters. The minimum atomic E-state index is 0.110. The van der Waals surface area contributed by atoms with Crippen LogP contribution >= 0.6 is 0 Å². The zero-order valence-electron chi connectivity index (χ0n) is 10.3. The first-order valence-electron chi connectivity index (χ1n) is 6.02. The molecule has 0 bridgehead atoms. The summed E-state index contributed by atoms with van der Waals surface area (Å²) in [7, 11) is 0. The number of rotatable bonds is 11. The van der Waals surface area contributed by atoms with Gasteiger partial charge in [0, 0.05) is 13.0 Å². The van der Waals surface area contributed by atoms with Crippen LogP contribution in [0.1, 0.15) is 26.2 Å². The molecule has 1 amide bonds. The van der Waals surface area contributed by atoms with Gasteiger partial charge in [-0.25, -0.2) is 0 Å². The summed E-state index contributed by atoms with van der Waals surface area (Å²) in [5.41, 5.74) is 3.66. The quantitative estimate of drug-likeness (QED) is 0.475. The maximum absolute atomic E-state index is 11.2. The fourth-order valence-corrected chi connectivity index (χ4v) is 1.11. The van der Waals surface area contributed by atoms with Crippen LogP contribution in [-0.4, -0.2) is 45.4 Å². The summed E-state index contributed by atoms with van der Waals surface area (Å²) in [4.78, 5) is 11.2. The van der Waals surface area contributed by atoms with Crippen molar-refractivity contribution in [3.63, 3.8) is 0 Å². The van der Waals surface area contributed by atoms with Crippen LogP contribution in [0.5, 0.6) is 0 Å². The molecule has 0 aromatic rings. The van der Waals surface area contributed by atoms with E-state index in [1.807, 2.05) is 0 Å². The molecule has 0 saturated heterocycles. The Labute approximate surface area is 97.7 Å². The van der Waals surface area contributed by atoms with Crippen LogP contribution in [-0.2, 0) is 14.3 Å². The van der Waals surface area contributed by atoms with Crippen LogP contribution in [0.3, 0.4) is 0 Å². The first-order chi connectivity index (χ1) is 7.81. The second kappa shape index (κ2) is 12.4. The number of unbranched alkanes of at least 4 members (excludes halogenated alkanes) is 1. The molecule has 0 heterocycles. The second-order valence-corrected chi connectivity index (χ2v) is 3.53. The van der Waals surface area contributed by atoms with Gasteiger partial charge >= 0.3 is 0 Å². The minimum absolute atomic E-state index is 0.110. The number of quaternary nitrogens is 1. The Kier molecular flexibility index (Phi) is 11.9. The van der Waals surface area contributed by atoms with E-state index in [4.69, 9.17) is 9.47 Å². The molecule has 0 fully saturated rings. The van der Waals surface area contributed by atoms with Crippen molar-refractivity contribution in [1.29, 1.82) is 0 Å². The number of ether oxygens (including phenoxy) is 2. The minimum Gasteiger partial charge on any atom is -0.377 e. The van der Waals surface area contributed by atoms with Gasteiger partial charge in [0.25, 0.3) is 0 Å². The van der Waals surface area contributed by atoms with Gasteiger partial charge in [0.15, 0.2) is 0 Å². The smallest absolute Gasteiger partial charge is 0.220 e. The lowest BCUT2D eigenvalue weighted by atomic mass is 10.2. The molecule has 0 aliphatic heterocycles. The molecule has 16 heavy (non-hydrogen) atoms. The van der Waals surface area contributed by atoms with E-state index in [1.165, 1.54) is 0 Å². The van der Waals surface area contributed by atoms with Crippen molar-refractivity contribution >= 4 is 5.91 Å². The molecule has 0 saturated carbocycles. The van der Waals surface area contributed by atoms with E-state index in [1.54, 1.807) is 0 Å². The van der Waals surface area contributed by atoms with Crippen molar-refractivity contribution in [2.45, 2.75) is 26.2 Å². The molecule has 96 valence electrons. The third-order valence-corrected chi connectivity index (χ3v) is 1.99. The Morgan fingerprint density at radius 2 is 1.88 bits per heavy atom. The van der Waals surface area contributed by atoms with Gasteiger partial charge in [0.05, 0.1) is 33.0 Å². The van der Waals surface area contributed by atoms with E-state index in [0.717, 1.165) is 19.4 Å². The SMILES string of the molecule is CCCCC(=O)NCCOCCOCC[NH3+]. The number of hydrogen-bond acceptors (Lipinski definition) is 3. The van der Waals surface area contributed by atoms with E-state index in [2.05, 4.69) is 18.0 Å². The van der Waals surface area contributed by atoms with Crippen LogP contribution in [0.4, 0.5) is 0 Å². The van der Waals surface area contributed by atoms with E-state index >= 15 is 0 Å². The highest BCUT2D eigenvalue weighted by molar-refractivity contribution is 5.75. The molecular formula is C11H25N2O3+. The van der Waals surface area contributed by atoms with Crippen LogP contribution in [0.2, 0.25) is 0 Å². The maximum Gasteiger partial charge on any atom is 0.220 e. The Hall–Kier alpha value is -0.650. The molecule has 5 nitrogen and oxygen atoms in total. The van der Waals surface area contributed by atoms with Crippen molar-refractivity contribution in [2.75, 3.05) is 39.5 Å². The van der Waals surface area contributed by atoms with E-state index in [-0.39, 0.29) is 5.91 Å². The zero-order chi connectivity index (χ0) is 12.1. The normalized spacial score (nSPS) is 10.4.